The molecular weight excluding hydrogens is 269 g/mol. The third kappa shape index (κ3) is 4.36. The smallest absolute Gasteiger partial charge is 0.356 e. The summed E-state index contributed by atoms with van der Waals surface area (Å²) in [6.07, 6.45) is 0.0266. The Morgan fingerprint density at radius 2 is 1.85 bits per heavy atom. The van der Waals surface area contributed by atoms with Crippen LogP contribution >= 0.6 is 0 Å². The van der Waals surface area contributed by atoms with Gasteiger partial charge in [0.25, 0.3) is 0 Å². The zero-order valence-electron chi connectivity index (χ0n) is 11.6. The van der Waals surface area contributed by atoms with E-state index in [9.17, 15) is 18.0 Å². The van der Waals surface area contributed by atoms with E-state index in [1.165, 1.54) is 6.42 Å². The number of hydrogen-bond donors (Lipinski definition) is 2. The van der Waals surface area contributed by atoms with E-state index in [-0.39, 0.29) is 24.7 Å². The molecule has 2 rings (SSSR count). The van der Waals surface area contributed by atoms with Crippen LogP contribution in [0.15, 0.2) is 0 Å². The van der Waals surface area contributed by atoms with Crippen molar-refractivity contribution in [3.05, 3.63) is 0 Å². The summed E-state index contributed by atoms with van der Waals surface area (Å²) in [5, 5.41) is 6.23. The predicted octanol–water partition coefficient (Wildman–Crippen LogP) is 2.61. The lowest BCUT2D eigenvalue weighted by Crippen LogP contribution is -2.37. The molecule has 0 unspecified atom stereocenters. The van der Waals surface area contributed by atoms with Gasteiger partial charge in [-0.05, 0) is 51.5 Å². The Morgan fingerprint density at radius 1 is 1.15 bits per heavy atom. The molecule has 2 aliphatic rings. The van der Waals surface area contributed by atoms with Crippen LogP contribution in [0.2, 0.25) is 0 Å². The fraction of sp³-hybridized carbons (Fsp3) is 0.929. The molecule has 1 atom stereocenters. The molecule has 20 heavy (non-hydrogen) atoms. The Balaban J connectivity index is 1.64. The fourth-order valence-electron chi connectivity index (χ4n) is 3.20. The number of halogens is 3. The van der Waals surface area contributed by atoms with E-state index in [0.29, 0.717) is 25.4 Å². The van der Waals surface area contributed by atoms with Crippen LogP contribution in [0.5, 0.6) is 0 Å². The largest absolute Gasteiger partial charge is 0.391 e. The maximum atomic E-state index is 12.5. The zero-order chi connectivity index (χ0) is 14.6. The Morgan fingerprint density at radius 3 is 2.40 bits per heavy atom. The molecule has 116 valence electrons. The summed E-state index contributed by atoms with van der Waals surface area (Å²) in [7, 11) is 0. The Kier molecular flexibility index (Phi) is 5.29. The number of rotatable bonds is 4. The quantitative estimate of drug-likeness (QED) is 0.836. The Hall–Kier alpha value is -0.780. The van der Waals surface area contributed by atoms with E-state index in [4.69, 9.17) is 0 Å². The van der Waals surface area contributed by atoms with Crippen LogP contribution in [0.25, 0.3) is 0 Å². The molecule has 1 aliphatic carbocycles. The summed E-state index contributed by atoms with van der Waals surface area (Å²) in [5.41, 5.74) is 0. The second kappa shape index (κ2) is 6.78. The molecule has 0 aromatic rings. The first kappa shape index (κ1) is 15.6. The van der Waals surface area contributed by atoms with Crippen molar-refractivity contribution in [1.29, 1.82) is 0 Å². The minimum absolute atomic E-state index is 0.0661. The number of alkyl halides is 3. The van der Waals surface area contributed by atoms with Gasteiger partial charge in [-0.15, -0.1) is 0 Å². The predicted molar refractivity (Wildman–Crippen MR) is 70.2 cm³/mol. The minimum Gasteiger partial charge on any atom is -0.356 e. The summed E-state index contributed by atoms with van der Waals surface area (Å²) in [6, 6.07) is 0.483. The van der Waals surface area contributed by atoms with Gasteiger partial charge in [0.05, 0.1) is 5.92 Å². The molecule has 1 heterocycles. The first-order valence-electron chi connectivity index (χ1n) is 7.54. The van der Waals surface area contributed by atoms with Crippen molar-refractivity contribution in [2.75, 3.05) is 13.1 Å². The third-order valence-electron chi connectivity index (χ3n) is 4.52. The van der Waals surface area contributed by atoms with Crippen molar-refractivity contribution in [1.82, 2.24) is 10.6 Å². The lowest BCUT2D eigenvalue weighted by molar-refractivity contribution is -0.184. The minimum atomic E-state index is -4.10. The molecule has 1 aliphatic heterocycles. The van der Waals surface area contributed by atoms with E-state index in [2.05, 4.69) is 10.6 Å². The van der Waals surface area contributed by atoms with Crippen molar-refractivity contribution in [3.63, 3.8) is 0 Å². The lowest BCUT2D eigenvalue weighted by Gasteiger charge is -2.29. The molecule has 6 heteroatoms. The molecule has 0 radical (unpaired) electrons. The summed E-state index contributed by atoms with van der Waals surface area (Å²) >= 11 is 0. The molecule has 3 nitrogen and oxygen atoms in total. The van der Waals surface area contributed by atoms with Gasteiger partial charge in [-0.1, -0.05) is 0 Å². The highest BCUT2D eigenvalue weighted by Crippen LogP contribution is 2.39. The summed E-state index contributed by atoms with van der Waals surface area (Å²) in [4.78, 5) is 11.9. The average molecular weight is 292 g/mol. The topological polar surface area (TPSA) is 41.1 Å². The van der Waals surface area contributed by atoms with Crippen LogP contribution in [0.4, 0.5) is 13.2 Å². The van der Waals surface area contributed by atoms with Crippen molar-refractivity contribution in [3.8, 4) is 0 Å². The first-order chi connectivity index (χ1) is 9.47. The van der Waals surface area contributed by atoms with Gasteiger partial charge < -0.3 is 10.6 Å². The first-order valence-corrected chi connectivity index (χ1v) is 7.54. The Bertz CT molecular complexity index is 319. The van der Waals surface area contributed by atoms with Gasteiger partial charge >= 0.3 is 6.18 Å². The fourth-order valence-corrected chi connectivity index (χ4v) is 3.20. The summed E-state index contributed by atoms with van der Waals surface area (Å²) < 4.78 is 37.6. The van der Waals surface area contributed by atoms with Crippen molar-refractivity contribution < 1.29 is 18.0 Å². The highest BCUT2D eigenvalue weighted by molar-refractivity contribution is 5.78. The summed E-state index contributed by atoms with van der Waals surface area (Å²) in [6.45, 7) is 1.66. The van der Waals surface area contributed by atoms with Gasteiger partial charge in [0.2, 0.25) is 5.91 Å². The summed E-state index contributed by atoms with van der Waals surface area (Å²) in [5.74, 6) is -1.51. The molecule has 1 saturated heterocycles. The zero-order valence-corrected chi connectivity index (χ0v) is 11.6. The monoisotopic (exact) mass is 292 g/mol. The number of nitrogens with one attached hydrogen (secondary N) is 2. The van der Waals surface area contributed by atoms with Gasteiger partial charge in [-0.3, -0.25) is 4.79 Å². The second-order valence-corrected chi connectivity index (χ2v) is 5.96. The standard InChI is InChI=1S/C14H23F3N2O/c15-14(16,17)11-5-3-10(4-6-11)13(20)19-9-7-12-2-1-8-18-12/h10-12,18H,1-9H2,(H,19,20)/t10?,11?,12-/m0/s1. The van der Waals surface area contributed by atoms with Crippen molar-refractivity contribution >= 4 is 5.91 Å². The number of carbonyl (C=O) groups is 1. The van der Waals surface area contributed by atoms with Gasteiger partial charge in [-0.2, -0.15) is 13.2 Å². The third-order valence-corrected chi connectivity index (χ3v) is 4.52. The maximum Gasteiger partial charge on any atom is 0.391 e. The second-order valence-electron chi connectivity index (χ2n) is 5.96. The van der Waals surface area contributed by atoms with Crippen LogP contribution in [0.3, 0.4) is 0 Å². The van der Waals surface area contributed by atoms with Crippen molar-refractivity contribution in [2.45, 2.75) is 57.2 Å². The highest BCUT2D eigenvalue weighted by atomic mass is 19.4. The van der Waals surface area contributed by atoms with E-state index in [1.807, 2.05) is 0 Å². The lowest BCUT2D eigenvalue weighted by atomic mass is 9.81. The highest BCUT2D eigenvalue weighted by Gasteiger charge is 2.42. The van der Waals surface area contributed by atoms with Crippen LogP contribution in [-0.2, 0) is 4.79 Å². The van der Waals surface area contributed by atoms with E-state index >= 15 is 0 Å². The molecule has 0 aromatic carbocycles. The average Bonchev–Trinajstić information content (AvgIpc) is 2.91. The van der Waals surface area contributed by atoms with Gasteiger partial charge in [0.15, 0.2) is 0 Å². The molecule has 2 fully saturated rings. The number of carbonyl (C=O) groups excluding carboxylic acids is 1. The molecule has 0 spiro atoms. The van der Waals surface area contributed by atoms with Gasteiger partial charge in [0, 0.05) is 18.5 Å². The van der Waals surface area contributed by atoms with Crippen LogP contribution in [-0.4, -0.2) is 31.2 Å². The number of hydrogen-bond acceptors (Lipinski definition) is 2. The van der Waals surface area contributed by atoms with Gasteiger partial charge in [-0.25, -0.2) is 0 Å². The molecule has 1 amide bonds. The van der Waals surface area contributed by atoms with Gasteiger partial charge in [0.1, 0.15) is 0 Å². The molecule has 0 bridgehead atoms. The van der Waals surface area contributed by atoms with Crippen LogP contribution < -0.4 is 10.6 Å². The molecular formula is C14H23F3N2O. The SMILES string of the molecule is O=C(NCC[C@@H]1CCCN1)C1CCC(C(F)(F)F)CC1. The number of amides is 1. The molecule has 2 N–H and O–H groups in total. The molecule has 0 aromatic heterocycles. The molecule has 1 saturated carbocycles. The van der Waals surface area contributed by atoms with E-state index < -0.39 is 12.1 Å². The van der Waals surface area contributed by atoms with Crippen molar-refractivity contribution in [2.24, 2.45) is 11.8 Å². The normalized spacial score (nSPS) is 31.2. The van der Waals surface area contributed by atoms with E-state index in [0.717, 1.165) is 19.4 Å². The van der Waals surface area contributed by atoms with E-state index in [1.54, 1.807) is 0 Å². The van der Waals surface area contributed by atoms with Crippen LogP contribution in [0.1, 0.15) is 44.9 Å². The maximum absolute atomic E-state index is 12.5. The van der Waals surface area contributed by atoms with Crippen LogP contribution in [0, 0.1) is 11.8 Å². The Labute approximate surface area is 117 Å².